The molecular weight excluding hydrogens is 346 g/mol. The molecule has 134 valence electrons. The van der Waals surface area contributed by atoms with Crippen LogP contribution < -0.4 is 0 Å². The van der Waals surface area contributed by atoms with Gasteiger partial charge in [-0.3, -0.25) is 9.69 Å². The van der Waals surface area contributed by atoms with Crippen LogP contribution in [0.4, 0.5) is 5.69 Å². The van der Waals surface area contributed by atoms with E-state index < -0.39 is 5.97 Å². The van der Waals surface area contributed by atoms with Crippen LogP contribution in [0.25, 0.3) is 0 Å². The maximum absolute atomic E-state index is 10.8. The SMILES string of the molecule is O=C(O)CCN1CCN(C2=Nc3ccccc3Sc3ccccc32)CC1. The van der Waals surface area contributed by atoms with E-state index in [9.17, 15) is 4.79 Å². The topological polar surface area (TPSA) is 56.1 Å². The third-order valence-electron chi connectivity index (χ3n) is 4.75. The highest BCUT2D eigenvalue weighted by Gasteiger charge is 2.25. The summed E-state index contributed by atoms with van der Waals surface area (Å²) >= 11 is 1.77. The third-order valence-corrected chi connectivity index (χ3v) is 5.89. The summed E-state index contributed by atoms with van der Waals surface area (Å²) in [6, 6.07) is 16.7. The summed E-state index contributed by atoms with van der Waals surface area (Å²) < 4.78 is 0. The first kappa shape index (κ1) is 17.1. The molecule has 0 atom stereocenters. The molecule has 26 heavy (non-hydrogen) atoms. The Morgan fingerprint density at radius 3 is 2.46 bits per heavy atom. The first-order valence-corrected chi connectivity index (χ1v) is 9.66. The van der Waals surface area contributed by atoms with Gasteiger partial charge in [-0.25, -0.2) is 4.99 Å². The summed E-state index contributed by atoms with van der Waals surface area (Å²) in [5, 5.41) is 8.87. The minimum absolute atomic E-state index is 0.202. The second-order valence-corrected chi connectivity index (χ2v) is 7.56. The number of aliphatic carboxylic acids is 1. The van der Waals surface area contributed by atoms with Crippen LogP contribution in [0.1, 0.15) is 12.0 Å². The van der Waals surface area contributed by atoms with E-state index in [2.05, 4.69) is 52.3 Å². The number of aliphatic imine (C=N–C) groups is 1. The molecule has 2 aliphatic rings. The van der Waals surface area contributed by atoms with Crippen molar-refractivity contribution in [2.45, 2.75) is 16.2 Å². The van der Waals surface area contributed by atoms with E-state index in [0.717, 1.165) is 37.7 Å². The molecular formula is C20H21N3O2S. The van der Waals surface area contributed by atoms with Gasteiger partial charge in [-0.2, -0.15) is 0 Å². The Balaban J connectivity index is 1.59. The lowest BCUT2D eigenvalue weighted by atomic mass is 10.1. The van der Waals surface area contributed by atoms with Crippen molar-refractivity contribution in [2.75, 3.05) is 32.7 Å². The number of amidine groups is 1. The van der Waals surface area contributed by atoms with Gasteiger partial charge in [-0.15, -0.1) is 0 Å². The molecule has 0 spiro atoms. The van der Waals surface area contributed by atoms with Gasteiger partial charge in [0, 0.05) is 48.1 Å². The van der Waals surface area contributed by atoms with Crippen LogP contribution >= 0.6 is 11.8 Å². The molecule has 6 heteroatoms. The van der Waals surface area contributed by atoms with E-state index in [1.165, 1.54) is 15.4 Å². The smallest absolute Gasteiger partial charge is 0.304 e. The lowest BCUT2D eigenvalue weighted by molar-refractivity contribution is -0.137. The van der Waals surface area contributed by atoms with Crippen LogP contribution in [0.15, 0.2) is 63.3 Å². The van der Waals surface area contributed by atoms with Crippen molar-refractivity contribution in [3.8, 4) is 0 Å². The van der Waals surface area contributed by atoms with Gasteiger partial charge in [-0.1, -0.05) is 42.1 Å². The zero-order chi connectivity index (χ0) is 17.9. The maximum atomic E-state index is 10.8. The zero-order valence-electron chi connectivity index (χ0n) is 14.5. The monoisotopic (exact) mass is 367 g/mol. The molecule has 5 nitrogen and oxygen atoms in total. The summed E-state index contributed by atoms with van der Waals surface area (Å²) in [4.78, 5) is 22.8. The largest absolute Gasteiger partial charge is 0.481 e. The van der Waals surface area contributed by atoms with Gasteiger partial charge in [-0.05, 0) is 18.2 Å². The Morgan fingerprint density at radius 2 is 1.69 bits per heavy atom. The summed E-state index contributed by atoms with van der Waals surface area (Å²) in [5.74, 6) is 0.291. The van der Waals surface area contributed by atoms with Crippen molar-refractivity contribution < 1.29 is 9.90 Å². The van der Waals surface area contributed by atoms with Gasteiger partial charge < -0.3 is 10.0 Å². The lowest BCUT2D eigenvalue weighted by Crippen LogP contribution is -2.49. The summed E-state index contributed by atoms with van der Waals surface area (Å²) in [6.07, 6.45) is 0.202. The number of piperazine rings is 1. The van der Waals surface area contributed by atoms with E-state index in [0.29, 0.717) is 6.54 Å². The first-order chi connectivity index (χ1) is 12.7. The van der Waals surface area contributed by atoms with Crippen LogP contribution in [0, 0.1) is 0 Å². The van der Waals surface area contributed by atoms with Gasteiger partial charge in [0.2, 0.25) is 0 Å². The predicted molar refractivity (Wildman–Crippen MR) is 103 cm³/mol. The number of hydrogen-bond acceptors (Lipinski definition) is 5. The van der Waals surface area contributed by atoms with Crippen molar-refractivity contribution >= 4 is 29.3 Å². The van der Waals surface area contributed by atoms with Gasteiger partial charge in [0.1, 0.15) is 5.84 Å². The number of carboxylic acid groups (broad SMARTS) is 1. The molecule has 0 saturated carbocycles. The summed E-state index contributed by atoms with van der Waals surface area (Å²) in [5.41, 5.74) is 2.18. The van der Waals surface area contributed by atoms with Crippen molar-refractivity contribution in [3.05, 3.63) is 54.1 Å². The Hall–Kier alpha value is -2.31. The van der Waals surface area contributed by atoms with Crippen molar-refractivity contribution in [3.63, 3.8) is 0 Å². The molecule has 0 unspecified atom stereocenters. The van der Waals surface area contributed by atoms with E-state index in [1.807, 2.05) is 6.07 Å². The Bertz CT molecular complexity index is 844. The molecule has 4 rings (SSSR count). The van der Waals surface area contributed by atoms with Crippen molar-refractivity contribution in [1.29, 1.82) is 0 Å². The fourth-order valence-electron chi connectivity index (χ4n) is 3.35. The van der Waals surface area contributed by atoms with Crippen molar-refractivity contribution in [2.24, 2.45) is 4.99 Å². The van der Waals surface area contributed by atoms with Crippen LogP contribution in [-0.4, -0.2) is 59.4 Å². The summed E-state index contributed by atoms with van der Waals surface area (Å²) in [7, 11) is 0. The fraction of sp³-hybridized carbons (Fsp3) is 0.300. The highest BCUT2D eigenvalue weighted by Crippen LogP contribution is 2.40. The molecule has 1 fully saturated rings. The van der Waals surface area contributed by atoms with Crippen LogP contribution in [0.3, 0.4) is 0 Å². The van der Waals surface area contributed by atoms with E-state index >= 15 is 0 Å². The number of para-hydroxylation sites is 1. The molecule has 0 amide bonds. The van der Waals surface area contributed by atoms with Crippen molar-refractivity contribution in [1.82, 2.24) is 9.80 Å². The molecule has 0 aliphatic carbocycles. The van der Waals surface area contributed by atoms with Gasteiger partial charge in [0.15, 0.2) is 0 Å². The minimum Gasteiger partial charge on any atom is -0.481 e. The number of rotatable bonds is 3. The second kappa shape index (κ2) is 7.51. The number of carboxylic acids is 1. The van der Waals surface area contributed by atoms with Crippen LogP contribution in [0.5, 0.6) is 0 Å². The quantitative estimate of drug-likeness (QED) is 0.902. The molecule has 0 radical (unpaired) electrons. The zero-order valence-corrected chi connectivity index (χ0v) is 15.3. The molecule has 2 aromatic carbocycles. The molecule has 2 aromatic rings. The molecule has 1 saturated heterocycles. The van der Waals surface area contributed by atoms with Crippen LogP contribution in [-0.2, 0) is 4.79 Å². The molecule has 2 aliphatic heterocycles. The molecule has 0 aromatic heterocycles. The van der Waals surface area contributed by atoms with E-state index in [4.69, 9.17) is 10.1 Å². The highest BCUT2D eigenvalue weighted by molar-refractivity contribution is 7.99. The Kier molecular flexibility index (Phi) is 4.95. The van der Waals surface area contributed by atoms with Gasteiger partial charge >= 0.3 is 5.97 Å². The first-order valence-electron chi connectivity index (χ1n) is 8.85. The van der Waals surface area contributed by atoms with Crippen LogP contribution in [0.2, 0.25) is 0 Å². The number of fused-ring (bicyclic) bond motifs is 2. The molecule has 0 bridgehead atoms. The van der Waals surface area contributed by atoms with Gasteiger partial charge in [0.25, 0.3) is 0 Å². The normalized spacial score (nSPS) is 17.1. The molecule has 1 N–H and O–H groups in total. The number of nitrogens with zero attached hydrogens (tertiary/aromatic N) is 3. The Morgan fingerprint density at radius 1 is 1.00 bits per heavy atom. The Labute approximate surface area is 157 Å². The predicted octanol–water partition coefficient (Wildman–Crippen LogP) is 3.32. The number of benzene rings is 2. The average molecular weight is 367 g/mol. The third kappa shape index (κ3) is 3.61. The minimum atomic E-state index is -0.733. The number of carbonyl (C=O) groups is 1. The average Bonchev–Trinajstić information content (AvgIpc) is 2.83. The summed E-state index contributed by atoms with van der Waals surface area (Å²) in [6.45, 7) is 4.07. The standard InChI is InChI=1S/C20H21N3O2S/c24-19(25)9-10-22-11-13-23(14-12-22)20-15-5-1-3-7-17(15)26-18-8-4-2-6-16(18)21-20/h1-8H,9-14H2,(H,24,25). The second-order valence-electron chi connectivity index (χ2n) is 6.47. The lowest BCUT2D eigenvalue weighted by Gasteiger charge is -2.36. The van der Waals surface area contributed by atoms with E-state index in [1.54, 1.807) is 11.8 Å². The molecule has 2 heterocycles. The maximum Gasteiger partial charge on any atom is 0.304 e. The highest BCUT2D eigenvalue weighted by atomic mass is 32.2. The number of hydrogen-bond donors (Lipinski definition) is 1. The van der Waals surface area contributed by atoms with Gasteiger partial charge in [0.05, 0.1) is 12.1 Å². The van der Waals surface area contributed by atoms with E-state index in [-0.39, 0.29) is 6.42 Å². The fourth-order valence-corrected chi connectivity index (χ4v) is 4.36.